The number of carbonyl (C=O) groups is 2. The summed E-state index contributed by atoms with van der Waals surface area (Å²) in [5.41, 5.74) is 1.93. The number of aromatic nitrogens is 3. The maximum Gasteiger partial charge on any atom is 0.261 e. The fraction of sp³-hybridized carbons (Fsp3) is 0.385. The second-order valence-electron chi connectivity index (χ2n) is 8.39. The van der Waals surface area contributed by atoms with E-state index in [1.807, 2.05) is 24.3 Å². The Kier molecular flexibility index (Phi) is 8.40. The summed E-state index contributed by atoms with van der Waals surface area (Å²) in [6, 6.07) is 14.6. The third-order valence-corrected chi connectivity index (χ3v) is 7.18. The quantitative estimate of drug-likeness (QED) is 0.166. The van der Waals surface area contributed by atoms with Gasteiger partial charge in [0.15, 0.2) is 11.0 Å². The fourth-order valence-corrected chi connectivity index (χ4v) is 5.14. The Morgan fingerprint density at radius 3 is 2.15 bits per heavy atom. The van der Waals surface area contributed by atoms with Gasteiger partial charge >= 0.3 is 0 Å². The van der Waals surface area contributed by atoms with E-state index in [-0.39, 0.29) is 11.8 Å². The Morgan fingerprint density at radius 2 is 1.47 bits per heavy atom. The van der Waals surface area contributed by atoms with Gasteiger partial charge in [-0.15, -0.1) is 10.2 Å². The first-order valence-electron chi connectivity index (χ1n) is 11.9. The predicted octanol–water partition coefficient (Wildman–Crippen LogP) is 6.35. The van der Waals surface area contributed by atoms with Crippen LogP contribution >= 0.6 is 23.4 Å². The van der Waals surface area contributed by atoms with E-state index >= 15 is 0 Å². The van der Waals surface area contributed by atoms with E-state index in [1.165, 1.54) is 42.3 Å². The topological polar surface area (TPSA) is 68.1 Å². The molecule has 0 radical (unpaired) electrons. The highest BCUT2D eigenvalue weighted by Crippen LogP contribution is 2.27. The summed E-state index contributed by atoms with van der Waals surface area (Å²) in [7, 11) is 0. The molecule has 34 heavy (non-hydrogen) atoms. The van der Waals surface area contributed by atoms with Gasteiger partial charge in [0.2, 0.25) is 0 Å². The van der Waals surface area contributed by atoms with Gasteiger partial charge in [-0.2, -0.15) is 0 Å². The van der Waals surface area contributed by atoms with Crippen LogP contribution in [-0.4, -0.2) is 43.8 Å². The van der Waals surface area contributed by atoms with Crippen molar-refractivity contribution in [2.45, 2.75) is 57.1 Å². The van der Waals surface area contributed by atoms with E-state index in [0.29, 0.717) is 28.4 Å². The summed E-state index contributed by atoms with van der Waals surface area (Å²) >= 11 is 7.59. The zero-order valence-corrected chi connectivity index (χ0v) is 20.9. The molecule has 2 aromatic carbocycles. The SMILES string of the molecule is CCCCCCCCn1c(SCCN2C(=O)c3ccccc3C2=O)nnc1-c1ccc(Cl)cc1. The molecule has 6 nitrogen and oxygen atoms in total. The fourth-order valence-electron chi connectivity index (χ4n) is 4.13. The first-order chi connectivity index (χ1) is 16.6. The summed E-state index contributed by atoms with van der Waals surface area (Å²) in [5, 5.41) is 10.4. The lowest BCUT2D eigenvalue weighted by atomic mass is 10.1. The Morgan fingerprint density at radius 1 is 0.824 bits per heavy atom. The van der Waals surface area contributed by atoms with Crippen molar-refractivity contribution < 1.29 is 9.59 Å². The van der Waals surface area contributed by atoms with Crippen LogP contribution in [0.1, 0.15) is 66.2 Å². The molecule has 0 saturated carbocycles. The van der Waals surface area contributed by atoms with E-state index in [1.54, 1.807) is 24.3 Å². The molecule has 1 aliphatic rings. The van der Waals surface area contributed by atoms with Crippen molar-refractivity contribution in [1.82, 2.24) is 19.7 Å². The number of nitrogens with zero attached hydrogens (tertiary/aromatic N) is 4. The number of unbranched alkanes of at least 4 members (excludes halogenated alkanes) is 5. The van der Waals surface area contributed by atoms with Crippen molar-refractivity contribution in [3.05, 3.63) is 64.7 Å². The van der Waals surface area contributed by atoms with Crippen molar-refractivity contribution in [3.63, 3.8) is 0 Å². The molecule has 1 aliphatic heterocycles. The van der Waals surface area contributed by atoms with Crippen molar-refractivity contribution in [2.24, 2.45) is 0 Å². The third-order valence-electron chi connectivity index (χ3n) is 5.98. The minimum absolute atomic E-state index is 0.225. The number of thioether (sulfide) groups is 1. The van der Waals surface area contributed by atoms with E-state index < -0.39 is 0 Å². The molecular formula is C26H29ClN4O2S. The maximum atomic E-state index is 12.6. The van der Waals surface area contributed by atoms with Gasteiger partial charge in [0.1, 0.15) is 0 Å². The Labute approximate surface area is 209 Å². The lowest BCUT2D eigenvalue weighted by Gasteiger charge is -2.14. The smallest absolute Gasteiger partial charge is 0.261 e. The molecule has 1 aromatic heterocycles. The van der Waals surface area contributed by atoms with Gasteiger partial charge in [-0.25, -0.2) is 0 Å². The number of benzene rings is 2. The number of rotatable bonds is 12. The first-order valence-corrected chi connectivity index (χ1v) is 13.2. The Hall–Kier alpha value is -2.64. The average Bonchev–Trinajstić information content (AvgIpc) is 3.36. The molecule has 0 atom stereocenters. The minimum Gasteiger partial charge on any atom is -0.302 e. The number of imide groups is 1. The van der Waals surface area contributed by atoms with Crippen LogP contribution < -0.4 is 0 Å². The molecule has 0 unspecified atom stereocenters. The molecule has 2 heterocycles. The lowest BCUT2D eigenvalue weighted by molar-refractivity contribution is 0.0664. The van der Waals surface area contributed by atoms with Gasteiger partial charge in [0.25, 0.3) is 11.8 Å². The number of hydrogen-bond acceptors (Lipinski definition) is 5. The molecule has 0 aliphatic carbocycles. The number of fused-ring (bicyclic) bond motifs is 1. The minimum atomic E-state index is -0.225. The molecule has 3 aromatic rings. The van der Waals surface area contributed by atoms with Gasteiger partial charge in [-0.05, 0) is 42.8 Å². The normalized spacial score (nSPS) is 13.1. The molecular weight excluding hydrogens is 468 g/mol. The van der Waals surface area contributed by atoms with E-state index in [4.69, 9.17) is 11.6 Å². The number of halogens is 1. The first kappa shape index (κ1) is 24.5. The Bertz CT molecular complexity index is 1110. The second-order valence-corrected chi connectivity index (χ2v) is 9.89. The third kappa shape index (κ3) is 5.53. The number of carbonyl (C=O) groups excluding carboxylic acids is 2. The molecule has 4 rings (SSSR count). The van der Waals surface area contributed by atoms with Crippen molar-refractivity contribution >= 4 is 35.2 Å². The largest absolute Gasteiger partial charge is 0.302 e. The summed E-state index contributed by atoms with van der Waals surface area (Å²) in [5.74, 6) is 0.919. The molecule has 0 bridgehead atoms. The standard InChI is InChI=1S/C26H29ClN4O2S/c1-2-3-4-5-6-9-16-30-23(19-12-14-20(27)15-13-19)28-29-26(30)34-18-17-31-24(32)21-10-7-8-11-22(21)25(31)33/h7-8,10-15H,2-6,9,16-18H2,1H3. The van der Waals surface area contributed by atoms with Crippen LogP contribution in [0.2, 0.25) is 5.02 Å². The molecule has 0 N–H and O–H groups in total. The highest BCUT2D eigenvalue weighted by atomic mass is 35.5. The number of hydrogen-bond donors (Lipinski definition) is 0. The summed E-state index contributed by atoms with van der Waals surface area (Å²) in [6.45, 7) is 3.38. The summed E-state index contributed by atoms with van der Waals surface area (Å²) < 4.78 is 2.15. The van der Waals surface area contributed by atoms with Gasteiger partial charge in [-0.1, -0.05) is 74.5 Å². The average molecular weight is 497 g/mol. The van der Waals surface area contributed by atoms with E-state index in [9.17, 15) is 9.59 Å². The predicted molar refractivity (Wildman–Crippen MR) is 136 cm³/mol. The van der Waals surface area contributed by atoms with Crippen LogP contribution in [-0.2, 0) is 6.54 Å². The molecule has 8 heteroatoms. The zero-order chi connectivity index (χ0) is 23.9. The van der Waals surface area contributed by atoms with Crippen molar-refractivity contribution in [2.75, 3.05) is 12.3 Å². The van der Waals surface area contributed by atoms with E-state index in [0.717, 1.165) is 35.9 Å². The molecule has 178 valence electrons. The molecule has 0 fully saturated rings. The zero-order valence-electron chi connectivity index (χ0n) is 19.4. The van der Waals surface area contributed by atoms with Crippen LogP contribution in [0.15, 0.2) is 53.7 Å². The van der Waals surface area contributed by atoms with Crippen LogP contribution in [0.3, 0.4) is 0 Å². The van der Waals surface area contributed by atoms with Gasteiger partial charge in [-0.3, -0.25) is 14.5 Å². The van der Waals surface area contributed by atoms with Gasteiger partial charge < -0.3 is 4.57 Å². The van der Waals surface area contributed by atoms with Crippen LogP contribution in [0.5, 0.6) is 0 Å². The maximum absolute atomic E-state index is 12.6. The van der Waals surface area contributed by atoms with E-state index in [2.05, 4.69) is 21.7 Å². The molecule has 0 spiro atoms. The van der Waals surface area contributed by atoms with Crippen molar-refractivity contribution in [3.8, 4) is 11.4 Å². The number of amides is 2. The van der Waals surface area contributed by atoms with Gasteiger partial charge in [0.05, 0.1) is 11.1 Å². The second kappa shape index (κ2) is 11.7. The lowest BCUT2D eigenvalue weighted by Crippen LogP contribution is -2.31. The van der Waals surface area contributed by atoms with Crippen LogP contribution in [0, 0.1) is 0 Å². The highest BCUT2D eigenvalue weighted by molar-refractivity contribution is 7.99. The molecule has 0 saturated heterocycles. The van der Waals surface area contributed by atoms with Gasteiger partial charge in [0, 0.05) is 29.4 Å². The monoisotopic (exact) mass is 496 g/mol. The highest BCUT2D eigenvalue weighted by Gasteiger charge is 2.34. The summed E-state index contributed by atoms with van der Waals surface area (Å²) in [4.78, 5) is 26.6. The summed E-state index contributed by atoms with van der Waals surface area (Å²) in [6.07, 6.45) is 7.23. The molecule has 2 amide bonds. The van der Waals surface area contributed by atoms with Crippen LogP contribution in [0.4, 0.5) is 0 Å². The van der Waals surface area contributed by atoms with Crippen LogP contribution in [0.25, 0.3) is 11.4 Å². The Balaban J connectivity index is 1.43. The van der Waals surface area contributed by atoms with Crippen molar-refractivity contribution in [1.29, 1.82) is 0 Å².